The smallest absolute Gasteiger partial charge is 0.254 e. The monoisotopic (exact) mass is 334 g/mol. The fourth-order valence-electron chi connectivity index (χ4n) is 2.89. The summed E-state index contributed by atoms with van der Waals surface area (Å²) in [5.74, 6) is -0.719. The van der Waals surface area contributed by atoms with E-state index in [4.69, 9.17) is 0 Å². The Hall–Kier alpha value is -2.17. The predicted molar refractivity (Wildman–Crippen MR) is 97.2 cm³/mol. The highest BCUT2D eigenvalue weighted by Gasteiger charge is 2.38. The Balaban J connectivity index is 0.00000108. The number of hydrogen-bond donors (Lipinski definition) is 1. The Morgan fingerprint density at radius 1 is 1.12 bits per heavy atom. The third kappa shape index (κ3) is 4.43. The Labute approximate surface area is 146 Å². The maximum Gasteiger partial charge on any atom is 0.254 e. The quantitative estimate of drug-likeness (QED) is 0.749. The third-order valence-corrected chi connectivity index (χ3v) is 3.94. The highest BCUT2D eigenvalue weighted by Crippen LogP contribution is 2.28. The molecule has 2 aliphatic heterocycles. The van der Waals surface area contributed by atoms with E-state index in [-0.39, 0.29) is 19.1 Å². The zero-order valence-electron chi connectivity index (χ0n) is 15.1. The van der Waals surface area contributed by atoms with E-state index in [2.05, 4.69) is 11.4 Å². The third-order valence-electron chi connectivity index (χ3n) is 3.94. The van der Waals surface area contributed by atoms with Crippen LogP contribution < -0.4 is 5.32 Å². The molecule has 2 heterocycles. The Kier molecular flexibility index (Phi) is 8.16. The topological polar surface area (TPSA) is 66.5 Å². The molecule has 0 aromatic heterocycles. The van der Waals surface area contributed by atoms with Crippen molar-refractivity contribution in [2.45, 2.75) is 59.4 Å². The zero-order valence-corrected chi connectivity index (χ0v) is 15.1. The SMILES string of the molecule is CC.CC.O=C1CCC(N2CCC3=CCC=CC=C3C2=O)C(=O)N1.[HH]. The number of amides is 3. The van der Waals surface area contributed by atoms with Gasteiger partial charge in [-0.1, -0.05) is 45.9 Å². The molecule has 134 valence electrons. The second-order valence-corrected chi connectivity index (χ2v) is 5.19. The number of carbonyl (C=O) groups excluding carboxylic acids is 3. The van der Waals surface area contributed by atoms with Crippen LogP contribution >= 0.6 is 0 Å². The summed E-state index contributed by atoms with van der Waals surface area (Å²) in [4.78, 5) is 37.3. The molecule has 2 fully saturated rings. The molecule has 3 rings (SSSR count). The number of imide groups is 1. The summed E-state index contributed by atoms with van der Waals surface area (Å²) < 4.78 is 0. The predicted octanol–water partition coefficient (Wildman–Crippen LogP) is 3.14. The van der Waals surface area contributed by atoms with Crippen molar-refractivity contribution in [2.75, 3.05) is 6.54 Å². The molecule has 1 N–H and O–H groups in total. The number of piperidine rings is 2. The largest absolute Gasteiger partial charge is 0.326 e. The maximum absolute atomic E-state index is 12.6. The van der Waals surface area contributed by atoms with Crippen LogP contribution in [0.3, 0.4) is 0 Å². The number of nitrogens with one attached hydrogen (secondary N) is 1. The molecule has 1 atom stereocenters. The van der Waals surface area contributed by atoms with Gasteiger partial charge in [-0.3, -0.25) is 19.7 Å². The van der Waals surface area contributed by atoms with E-state index in [1.54, 1.807) is 4.90 Å². The number of hydrogen-bond acceptors (Lipinski definition) is 3. The van der Waals surface area contributed by atoms with Crippen LogP contribution in [-0.2, 0) is 14.4 Å². The molecule has 24 heavy (non-hydrogen) atoms. The van der Waals surface area contributed by atoms with Crippen LogP contribution in [0, 0.1) is 0 Å². The van der Waals surface area contributed by atoms with Gasteiger partial charge < -0.3 is 4.90 Å². The molecule has 5 heteroatoms. The summed E-state index contributed by atoms with van der Waals surface area (Å²) in [7, 11) is 0. The lowest BCUT2D eigenvalue weighted by molar-refractivity contribution is -0.144. The molecule has 0 spiro atoms. The van der Waals surface area contributed by atoms with E-state index in [9.17, 15) is 14.4 Å². The first-order valence-corrected chi connectivity index (χ1v) is 8.87. The molecule has 0 aromatic carbocycles. The second kappa shape index (κ2) is 9.85. The van der Waals surface area contributed by atoms with E-state index in [0.717, 1.165) is 18.4 Å². The van der Waals surface area contributed by atoms with E-state index >= 15 is 0 Å². The molecule has 0 saturated carbocycles. The first kappa shape index (κ1) is 19.9. The number of allylic oxidation sites excluding steroid dienone is 4. The van der Waals surface area contributed by atoms with E-state index in [1.165, 1.54) is 0 Å². The van der Waals surface area contributed by atoms with Crippen molar-refractivity contribution in [2.24, 2.45) is 0 Å². The molecule has 0 bridgehead atoms. The van der Waals surface area contributed by atoms with E-state index < -0.39 is 6.04 Å². The molecule has 0 radical (unpaired) electrons. The summed E-state index contributed by atoms with van der Waals surface area (Å²) in [5, 5.41) is 2.31. The molecule has 1 unspecified atom stereocenters. The van der Waals surface area contributed by atoms with Crippen molar-refractivity contribution < 1.29 is 15.8 Å². The van der Waals surface area contributed by atoms with Gasteiger partial charge in [0.2, 0.25) is 11.8 Å². The number of carbonyl (C=O) groups is 3. The van der Waals surface area contributed by atoms with Crippen LogP contribution in [0.25, 0.3) is 0 Å². The van der Waals surface area contributed by atoms with Gasteiger partial charge in [-0.25, -0.2) is 0 Å². The average Bonchev–Trinajstić information content (AvgIpc) is 2.86. The summed E-state index contributed by atoms with van der Waals surface area (Å²) in [5.41, 5.74) is 1.73. The molecule has 3 aliphatic rings. The van der Waals surface area contributed by atoms with Gasteiger partial charge in [-0.15, -0.1) is 0 Å². The van der Waals surface area contributed by atoms with Gasteiger partial charge in [0.15, 0.2) is 0 Å². The lowest BCUT2D eigenvalue weighted by Crippen LogP contribution is -2.56. The average molecular weight is 334 g/mol. The van der Waals surface area contributed by atoms with Gasteiger partial charge >= 0.3 is 0 Å². The van der Waals surface area contributed by atoms with Crippen LogP contribution in [0.15, 0.2) is 35.5 Å². The van der Waals surface area contributed by atoms with Gasteiger partial charge in [-0.2, -0.15) is 0 Å². The number of likely N-dealkylation sites (tertiary alicyclic amines) is 1. The van der Waals surface area contributed by atoms with Gasteiger partial charge in [-0.05, 0) is 30.9 Å². The minimum atomic E-state index is -0.519. The fraction of sp³-hybridized carbons (Fsp3) is 0.526. The van der Waals surface area contributed by atoms with Crippen molar-refractivity contribution in [3.8, 4) is 0 Å². The lowest BCUT2D eigenvalue weighted by Gasteiger charge is -2.37. The van der Waals surface area contributed by atoms with Crippen molar-refractivity contribution in [1.29, 1.82) is 0 Å². The van der Waals surface area contributed by atoms with Crippen LogP contribution in [0.5, 0.6) is 0 Å². The molecular weight excluding hydrogens is 304 g/mol. The van der Waals surface area contributed by atoms with E-state index in [1.807, 2.05) is 45.9 Å². The number of nitrogens with zero attached hydrogens (tertiary/aromatic N) is 1. The minimum absolute atomic E-state index is 0. The molecule has 5 nitrogen and oxygen atoms in total. The lowest BCUT2D eigenvalue weighted by atomic mass is 9.93. The van der Waals surface area contributed by atoms with Crippen LogP contribution in [0.1, 0.15) is 54.8 Å². The summed E-state index contributed by atoms with van der Waals surface area (Å²) in [6.45, 7) is 8.54. The highest BCUT2D eigenvalue weighted by molar-refractivity contribution is 6.05. The van der Waals surface area contributed by atoms with Crippen LogP contribution in [0.4, 0.5) is 0 Å². The summed E-state index contributed by atoms with van der Waals surface area (Å²) in [6, 6.07) is -0.519. The molecule has 3 amide bonds. The summed E-state index contributed by atoms with van der Waals surface area (Å²) in [6.07, 6.45) is 10.1. The molecule has 2 saturated heterocycles. The van der Waals surface area contributed by atoms with E-state index in [0.29, 0.717) is 25.0 Å². The molecular formula is C19H30N2O3. The Bertz CT molecular complexity index is 579. The first-order chi connectivity index (χ1) is 11.7. The first-order valence-electron chi connectivity index (χ1n) is 8.87. The number of fused-ring (bicyclic) bond motifs is 1. The normalized spacial score (nSPS) is 22.6. The highest BCUT2D eigenvalue weighted by atomic mass is 16.2. The zero-order chi connectivity index (χ0) is 18.1. The minimum Gasteiger partial charge on any atom is -0.326 e. The Morgan fingerprint density at radius 3 is 2.50 bits per heavy atom. The molecule has 0 aromatic rings. The van der Waals surface area contributed by atoms with Gasteiger partial charge in [0.05, 0.1) is 0 Å². The maximum atomic E-state index is 12.6. The number of rotatable bonds is 1. The van der Waals surface area contributed by atoms with Crippen molar-refractivity contribution in [3.05, 3.63) is 35.5 Å². The van der Waals surface area contributed by atoms with Crippen molar-refractivity contribution >= 4 is 17.7 Å². The van der Waals surface area contributed by atoms with Crippen molar-refractivity contribution in [1.82, 2.24) is 10.2 Å². The fourth-order valence-corrected chi connectivity index (χ4v) is 2.89. The Morgan fingerprint density at radius 2 is 1.83 bits per heavy atom. The molecule has 1 aliphatic carbocycles. The standard InChI is InChI=1S/C15H16N2O3.2C2H6.H2/c18-13-7-6-12(14(19)16-13)17-9-8-10-4-2-1-3-5-11(10)15(17)20;2*1-2;/h1,3-5,12H,2,6-9H2,(H,16,18,19);2*1-2H3;1H. The van der Waals surface area contributed by atoms with Gasteiger partial charge in [0.25, 0.3) is 5.91 Å². The van der Waals surface area contributed by atoms with Gasteiger partial charge in [0.1, 0.15) is 6.04 Å². The van der Waals surface area contributed by atoms with Crippen LogP contribution in [-0.4, -0.2) is 35.2 Å². The van der Waals surface area contributed by atoms with Crippen molar-refractivity contribution in [3.63, 3.8) is 0 Å². The van der Waals surface area contributed by atoms with Crippen LogP contribution in [0.2, 0.25) is 0 Å². The second-order valence-electron chi connectivity index (χ2n) is 5.19. The van der Waals surface area contributed by atoms with Gasteiger partial charge in [0, 0.05) is 20.0 Å². The summed E-state index contributed by atoms with van der Waals surface area (Å²) >= 11 is 0.